The summed E-state index contributed by atoms with van der Waals surface area (Å²) in [5, 5.41) is 12.1. The molecule has 0 N–H and O–H groups in total. The van der Waals surface area contributed by atoms with Crippen LogP contribution in [0.5, 0.6) is 23.0 Å². The van der Waals surface area contributed by atoms with Gasteiger partial charge < -0.3 is 28.9 Å². The molecule has 8 bridgehead atoms. The van der Waals surface area contributed by atoms with E-state index in [1.807, 2.05) is 0 Å². The standard InChI is InChI=1S/C56H36N4O4.Pd/c1-61-53-45-37-21-29-13-5-7-15-31(29)23-39(37)47(57-45)54(62-2)49-41-25-33-17-9-11-19-35(33)27-43(41)51(59-49)56(64-4)52-44-28-36-20-12-10-18-34(36)26-42(44)50(60-52)55(63-3)48-40-24-32-16-8-6-14-30(32)22-38(40)46(53)58-48;/h5-28H,1-4H3;/q-2;+2. The predicted molar refractivity (Wildman–Crippen MR) is 259 cm³/mol. The number of methoxy groups -OCH3 is 4. The Kier molecular flexibility index (Phi) is 8.79. The topological polar surface area (TPSA) is 90.9 Å². The van der Waals surface area contributed by atoms with Gasteiger partial charge in [0.05, 0.1) is 28.4 Å². The molecule has 0 amide bonds. The molecule has 0 fully saturated rings. The van der Waals surface area contributed by atoms with E-state index in [0.717, 1.165) is 86.9 Å². The Morgan fingerprint density at radius 2 is 0.508 bits per heavy atom. The van der Waals surface area contributed by atoms with Crippen molar-refractivity contribution in [2.75, 3.05) is 28.4 Å². The minimum absolute atomic E-state index is 0. The van der Waals surface area contributed by atoms with E-state index < -0.39 is 0 Å². The normalized spacial score (nSPS) is 11.9. The molecule has 0 atom stereocenters. The first-order chi connectivity index (χ1) is 31.5. The van der Waals surface area contributed by atoms with Crippen LogP contribution in [0.1, 0.15) is 0 Å². The van der Waals surface area contributed by atoms with Gasteiger partial charge in [0.2, 0.25) is 0 Å². The molecule has 0 saturated heterocycles. The van der Waals surface area contributed by atoms with Gasteiger partial charge in [0.25, 0.3) is 0 Å². The molecule has 65 heavy (non-hydrogen) atoms. The minimum Gasteiger partial charge on any atom is -0.651 e. The van der Waals surface area contributed by atoms with Crippen molar-refractivity contribution >= 4 is 86.7 Å². The Balaban J connectivity index is 0.00000444. The van der Waals surface area contributed by atoms with E-state index in [-0.39, 0.29) is 20.4 Å². The van der Waals surface area contributed by atoms with Crippen molar-refractivity contribution in [2.24, 2.45) is 0 Å². The summed E-state index contributed by atoms with van der Waals surface area (Å²) >= 11 is 0. The van der Waals surface area contributed by atoms with Crippen LogP contribution in [-0.4, -0.2) is 38.4 Å². The van der Waals surface area contributed by atoms with Crippen molar-refractivity contribution in [1.82, 2.24) is 19.9 Å². The quantitative estimate of drug-likeness (QED) is 0.161. The van der Waals surface area contributed by atoms with Gasteiger partial charge in [-0.2, -0.15) is 0 Å². The molecule has 9 heteroatoms. The molecule has 0 saturated carbocycles. The molecule has 0 radical (unpaired) electrons. The third-order valence-corrected chi connectivity index (χ3v) is 13.0. The molecule has 5 heterocycles. The summed E-state index contributed by atoms with van der Waals surface area (Å²) in [7, 11) is 6.75. The van der Waals surface area contributed by atoms with E-state index in [9.17, 15) is 0 Å². The summed E-state index contributed by atoms with van der Waals surface area (Å²) < 4.78 is 26.1. The Hall–Kier alpha value is -7.70. The van der Waals surface area contributed by atoms with E-state index in [1.54, 1.807) is 28.4 Å². The smallest absolute Gasteiger partial charge is 0.651 e. The first kappa shape index (κ1) is 38.9. The van der Waals surface area contributed by atoms with Gasteiger partial charge >= 0.3 is 20.4 Å². The van der Waals surface area contributed by atoms with Gasteiger partial charge in [-0.1, -0.05) is 119 Å². The summed E-state index contributed by atoms with van der Waals surface area (Å²) in [6.07, 6.45) is 0. The summed E-state index contributed by atoms with van der Waals surface area (Å²) in [6.45, 7) is 0. The second kappa shape index (κ2) is 14.7. The predicted octanol–water partition coefficient (Wildman–Crippen LogP) is 13.2. The molecule has 8 aromatic carbocycles. The summed E-state index contributed by atoms with van der Waals surface area (Å²) in [6, 6.07) is 50.8. The first-order valence-corrected chi connectivity index (χ1v) is 21.2. The minimum atomic E-state index is 0. The van der Waals surface area contributed by atoms with E-state index in [0.29, 0.717) is 67.8 Å². The molecule has 11 aromatic rings. The summed E-state index contributed by atoms with van der Waals surface area (Å²) in [4.78, 5) is 22.1. The molecule has 13 rings (SSSR count). The zero-order chi connectivity index (χ0) is 42.8. The number of fused-ring (bicyclic) bond motifs is 24. The van der Waals surface area contributed by atoms with Crippen molar-refractivity contribution < 1.29 is 39.4 Å². The second-order valence-electron chi connectivity index (χ2n) is 16.3. The Labute approximate surface area is 386 Å². The van der Waals surface area contributed by atoms with E-state index in [2.05, 4.69) is 146 Å². The maximum absolute atomic E-state index is 6.53. The van der Waals surface area contributed by atoms with E-state index >= 15 is 0 Å². The molecule has 2 aliphatic heterocycles. The van der Waals surface area contributed by atoms with E-state index in [1.165, 1.54) is 0 Å². The zero-order valence-electron chi connectivity index (χ0n) is 35.6. The third kappa shape index (κ3) is 5.59. The molecule has 0 aliphatic carbocycles. The van der Waals surface area contributed by atoms with Crippen LogP contribution in [0.4, 0.5) is 0 Å². The molecular formula is C56H36N4O4Pd. The first-order valence-electron chi connectivity index (χ1n) is 21.2. The number of nitrogens with zero attached hydrogens (tertiary/aromatic N) is 4. The van der Waals surface area contributed by atoms with Crippen LogP contribution in [0.3, 0.4) is 0 Å². The molecule has 314 valence electrons. The Morgan fingerprint density at radius 3 is 0.708 bits per heavy atom. The van der Waals surface area contributed by atoms with Gasteiger partial charge in [-0.25, -0.2) is 9.97 Å². The monoisotopic (exact) mass is 934 g/mol. The Morgan fingerprint density at radius 1 is 0.308 bits per heavy atom. The van der Waals surface area contributed by atoms with Crippen LogP contribution in [-0.2, 0) is 20.4 Å². The number of aromatic nitrogens is 4. The number of ether oxygens (including phenoxy) is 4. The van der Waals surface area contributed by atoms with Gasteiger partial charge in [-0.3, -0.25) is 0 Å². The van der Waals surface area contributed by atoms with Crippen molar-refractivity contribution in [3.8, 4) is 68.0 Å². The average Bonchev–Trinajstić information content (AvgIpc) is 4.09. The van der Waals surface area contributed by atoms with Crippen molar-refractivity contribution in [3.63, 3.8) is 0 Å². The maximum atomic E-state index is 6.53. The second-order valence-corrected chi connectivity index (χ2v) is 16.3. The summed E-state index contributed by atoms with van der Waals surface area (Å²) in [5.41, 5.74) is 8.64. The maximum Gasteiger partial charge on any atom is 2.00 e. The molecule has 2 aliphatic rings. The Bertz CT molecular complexity index is 3530. The van der Waals surface area contributed by atoms with Crippen LogP contribution in [0.25, 0.3) is 132 Å². The van der Waals surface area contributed by atoms with Crippen molar-refractivity contribution in [1.29, 1.82) is 0 Å². The van der Waals surface area contributed by atoms with Crippen molar-refractivity contribution in [2.45, 2.75) is 0 Å². The summed E-state index contributed by atoms with van der Waals surface area (Å²) in [5.74, 6) is 2.07. The van der Waals surface area contributed by atoms with Crippen molar-refractivity contribution in [3.05, 3.63) is 146 Å². The van der Waals surface area contributed by atoms with Gasteiger partial charge in [0, 0.05) is 22.3 Å². The van der Waals surface area contributed by atoms with Gasteiger partial charge in [0.15, 0.2) is 0 Å². The van der Waals surface area contributed by atoms with Crippen LogP contribution in [0.2, 0.25) is 0 Å². The van der Waals surface area contributed by atoms with Crippen LogP contribution in [0.15, 0.2) is 146 Å². The van der Waals surface area contributed by atoms with Crippen LogP contribution < -0.4 is 28.9 Å². The van der Waals surface area contributed by atoms with Gasteiger partial charge in [0.1, 0.15) is 45.8 Å². The number of benzene rings is 8. The van der Waals surface area contributed by atoms with Gasteiger partial charge in [-0.05, 0) is 113 Å². The molecule has 0 unspecified atom stereocenters. The van der Waals surface area contributed by atoms with Crippen LogP contribution in [0, 0.1) is 0 Å². The fourth-order valence-corrected chi connectivity index (χ4v) is 10.1. The molecule has 0 spiro atoms. The SMILES string of the molecule is COc1c2nc(c(OC)c3[n-]c(c(OC)c4nc(c(OC)c5[n-]c1c1cc6ccccc6cc51)-c1cc5ccccc5cc1-4)c1cc4ccccc4cc31)-c1cc3ccccc3cc1-2.[Pd+2]. The largest absolute Gasteiger partial charge is 2.00 e. The third-order valence-electron chi connectivity index (χ3n) is 13.0. The molecule has 8 nitrogen and oxygen atoms in total. The molecular weight excluding hydrogens is 899 g/mol. The fraction of sp³-hybridized carbons (Fsp3) is 0.0714. The molecule has 3 aromatic heterocycles. The number of hydrogen-bond acceptors (Lipinski definition) is 6. The number of rotatable bonds is 4. The van der Waals surface area contributed by atoms with Crippen LogP contribution >= 0.6 is 0 Å². The van der Waals surface area contributed by atoms with E-state index in [4.69, 9.17) is 38.9 Å². The number of hydrogen-bond donors (Lipinski definition) is 0. The van der Waals surface area contributed by atoms with Gasteiger partial charge in [-0.15, -0.1) is 0 Å². The average molecular weight is 935 g/mol. The fourth-order valence-electron chi connectivity index (χ4n) is 10.1. The zero-order valence-corrected chi connectivity index (χ0v) is 37.1.